The van der Waals surface area contributed by atoms with E-state index in [1.165, 1.54) is 0 Å². The van der Waals surface area contributed by atoms with E-state index in [1.54, 1.807) is 37.3 Å². The first-order chi connectivity index (χ1) is 16.0. The van der Waals surface area contributed by atoms with Gasteiger partial charge in [0.15, 0.2) is 5.78 Å². The summed E-state index contributed by atoms with van der Waals surface area (Å²) < 4.78 is 10.8. The molecule has 7 heteroatoms. The number of hydrogen-bond donors (Lipinski definition) is 2. The van der Waals surface area contributed by atoms with Crippen LogP contribution in [0.2, 0.25) is 0 Å². The molecule has 33 heavy (non-hydrogen) atoms. The molecule has 4 rings (SSSR count). The fraction of sp³-hybridized carbons (Fsp3) is 0.346. The number of hydrogen-bond acceptors (Lipinski definition) is 6. The summed E-state index contributed by atoms with van der Waals surface area (Å²) in [5.74, 6) is 1.39. The molecule has 1 unspecified atom stereocenters. The molecule has 1 fully saturated rings. The fourth-order valence-electron chi connectivity index (χ4n) is 4.48. The number of ether oxygens (including phenoxy) is 2. The highest BCUT2D eigenvalue weighted by Crippen LogP contribution is 2.38. The van der Waals surface area contributed by atoms with Crippen LogP contribution in [0.25, 0.3) is 0 Å². The van der Waals surface area contributed by atoms with E-state index in [0.29, 0.717) is 54.9 Å². The number of ketones is 2. The van der Waals surface area contributed by atoms with Crippen LogP contribution in [0.5, 0.6) is 11.5 Å². The number of carbonyl (C=O) groups is 2. The van der Waals surface area contributed by atoms with Gasteiger partial charge in [0, 0.05) is 48.8 Å². The molecule has 2 aliphatic heterocycles. The number of nitrogens with zero attached hydrogens (tertiary/aromatic N) is 1. The molecule has 7 nitrogen and oxygen atoms in total. The van der Waals surface area contributed by atoms with Gasteiger partial charge in [-0.3, -0.25) is 15.0 Å². The van der Waals surface area contributed by atoms with Crippen molar-refractivity contribution >= 4 is 28.8 Å². The molecule has 0 spiro atoms. The largest absolute Gasteiger partial charge is 0.497 e. The highest BCUT2D eigenvalue weighted by atomic mass is 16.5. The van der Waals surface area contributed by atoms with E-state index in [-0.39, 0.29) is 17.4 Å². The summed E-state index contributed by atoms with van der Waals surface area (Å²) >= 11 is 0. The Morgan fingerprint density at radius 3 is 2.48 bits per heavy atom. The number of allylic oxidation sites excluding steroid dienone is 1. The Bertz CT molecular complexity index is 1090. The molecule has 0 bridgehead atoms. The van der Waals surface area contributed by atoms with Gasteiger partial charge >= 0.3 is 0 Å². The zero-order chi connectivity index (χ0) is 23.5. The van der Waals surface area contributed by atoms with E-state index >= 15 is 0 Å². The Hall–Kier alpha value is -3.61. The van der Waals surface area contributed by atoms with E-state index in [9.17, 15) is 9.59 Å². The minimum atomic E-state index is -0.563. The number of rotatable bonds is 8. The monoisotopic (exact) mass is 447 g/mol. The third-order valence-electron chi connectivity index (χ3n) is 6.25. The lowest BCUT2D eigenvalue weighted by Crippen LogP contribution is -2.35. The van der Waals surface area contributed by atoms with Crippen LogP contribution in [-0.2, 0) is 16.0 Å². The maximum absolute atomic E-state index is 13.7. The molecule has 1 atom stereocenters. The first-order valence-corrected chi connectivity index (χ1v) is 11.2. The van der Waals surface area contributed by atoms with Crippen molar-refractivity contribution < 1.29 is 19.1 Å². The van der Waals surface area contributed by atoms with Gasteiger partial charge in [-0.15, -0.1) is 0 Å². The molecular weight excluding hydrogens is 418 g/mol. The summed E-state index contributed by atoms with van der Waals surface area (Å²) in [6, 6.07) is 12.7. The minimum absolute atomic E-state index is 0.0963. The number of methoxy groups -OCH3 is 2. The highest BCUT2D eigenvalue weighted by Gasteiger charge is 2.43. The van der Waals surface area contributed by atoms with Crippen LogP contribution in [0.3, 0.4) is 0 Å². The number of fused-ring (bicyclic) bond motifs is 1. The Balaban J connectivity index is 1.73. The number of benzene rings is 2. The van der Waals surface area contributed by atoms with Crippen molar-refractivity contribution in [1.82, 2.24) is 0 Å². The van der Waals surface area contributed by atoms with Crippen molar-refractivity contribution in [3.8, 4) is 11.5 Å². The lowest BCUT2D eigenvalue weighted by Gasteiger charge is -2.25. The zero-order valence-corrected chi connectivity index (χ0v) is 19.2. The van der Waals surface area contributed by atoms with Crippen molar-refractivity contribution in [1.29, 1.82) is 5.41 Å². The average Bonchev–Trinajstić information content (AvgIpc) is 3.36. The molecule has 1 saturated heterocycles. The number of nitrogens with one attached hydrogen (secondary N) is 2. The van der Waals surface area contributed by atoms with Gasteiger partial charge in [0.1, 0.15) is 23.1 Å². The van der Waals surface area contributed by atoms with Crippen LogP contribution < -0.4 is 19.7 Å². The van der Waals surface area contributed by atoms with Gasteiger partial charge in [0.2, 0.25) is 0 Å². The van der Waals surface area contributed by atoms with Gasteiger partial charge in [-0.2, -0.15) is 0 Å². The summed E-state index contributed by atoms with van der Waals surface area (Å²) in [6.07, 6.45) is 2.57. The number of amidine groups is 1. The van der Waals surface area contributed by atoms with Crippen LogP contribution in [-0.4, -0.2) is 37.7 Å². The van der Waals surface area contributed by atoms with E-state index in [0.717, 1.165) is 16.9 Å². The number of anilines is 2. The average molecular weight is 448 g/mol. The molecule has 0 aliphatic carbocycles. The molecule has 2 N–H and O–H groups in total. The third-order valence-corrected chi connectivity index (χ3v) is 6.25. The van der Waals surface area contributed by atoms with Crippen molar-refractivity contribution in [2.75, 3.05) is 24.4 Å². The Morgan fingerprint density at radius 2 is 1.85 bits per heavy atom. The standard InChI is InChI=1S/C26H29N3O4/c1-4-18(30)9-7-11-23-25(31)24(22-12-16-8-5-6-10-21(16)28-22)26(27)29(23)17-13-19(32-2)15-20(14-17)33-3/h5-6,8,10,13-15,23,27-28H,4,7,9,11-12H2,1-3H3. The van der Waals surface area contributed by atoms with Gasteiger partial charge in [0.05, 0.1) is 31.5 Å². The van der Waals surface area contributed by atoms with Crippen LogP contribution >= 0.6 is 0 Å². The summed E-state index contributed by atoms with van der Waals surface area (Å²) in [6.45, 7) is 1.85. The maximum Gasteiger partial charge on any atom is 0.191 e. The topological polar surface area (TPSA) is 91.7 Å². The van der Waals surface area contributed by atoms with Gasteiger partial charge in [-0.25, -0.2) is 0 Å². The molecule has 0 radical (unpaired) electrons. The van der Waals surface area contributed by atoms with Crippen molar-refractivity contribution in [2.24, 2.45) is 0 Å². The lowest BCUT2D eigenvalue weighted by molar-refractivity contribution is -0.119. The van der Waals surface area contributed by atoms with Crippen LogP contribution in [0.4, 0.5) is 11.4 Å². The lowest BCUT2D eigenvalue weighted by atomic mass is 10.00. The highest BCUT2D eigenvalue weighted by molar-refractivity contribution is 6.35. The molecule has 0 saturated carbocycles. The molecule has 2 aliphatic rings. The van der Waals surface area contributed by atoms with Crippen molar-refractivity contribution in [2.45, 2.75) is 45.1 Å². The predicted octanol–water partition coefficient (Wildman–Crippen LogP) is 4.51. The summed E-state index contributed by atoms with van der Waals surface area (Å²) in [4.78, 5) is 27.3. The summed E-state index contributed by atoms with van der Waals surface area (Å²) in [5.41, 5.74) is 3.87. The minimum Gasteiger partial charge on any atom is -0.497 e. The summed E-state index contributed by atoms with van der Waals surface area (Å²) in [5, 5.41) is 12.3. The van der Waals surface area contributed by atoms with Crippen LogP contribution in [0, 0.1) is 5.41 Å². The van der Waals surface area contributed by atoms with Crippen molar-refractivity contribution in [3.63, 3.8) is 0 Å². The quantitative estimate of drug-likeness (QED) is 0.579. The molecule has 2 aromatic rings. The van der Waals surface area contributed by atoms with E-state index < -0.39 is 6.04 Å². The normalized spacial score (nSPS) is 19.5. The Kier molecular flexibility index (Phi) is 6.49. The molecule has 0 amide bonds. The molecular formula is C26H29N3O4. The second-order valence-corrected chi connectivity index (χ2v) is 8.27. The number of Topliss-reactive ketones (excluding diaryl/α,β-unsaturated/α-hetero) is 2. The predicted molar refractivity (Wildman–Crippen MR) is 128 cm³/mol. The molecule has 0 aromatic heterocycles. The molecule has 2 heterocycles. The smallest absolute Gasteiger partial charge is 0.191 e. The van der Waals surface area contributed by atoms with E-state index in [1.807, 2.05) is 31.2 Å². The second-order valence-electron chi connectivity index (χ2n) is 8.27. The third kappa shape index (κ3) is 4.35. The second kappa shape index (κ2) is 9.48. The molecule has 2 aromatic carbocycles. The van der Waals surface area contributed by atoms with Gasteiger partial charge in [-0.05, 0) is 24.5 Å². The van der Waals surface area contributed by atoms with Crippen LogP contribution in [0.15, 0.2) is 53.7 Å². The van der Waals surface area contributed by atoms with Gasteiger partial charge in [-0.1, -0.05) is 25.1 Å². The number of para-hydroxylation sites is 1. The Morgan fingerprint density at radius 1 is 1.15 bits per heavy atom. The SMILES string of the molecule is CCC(=O)CCCC1C(=O)C(=C2Cc3ccccc3N2)C(=N)N1c1cc(OC)cc(OC)c1. The first kappa shape index (κ1) is 22.6. The zero-order valence-electron chi connectivity index (χ0n) is 19.2. The van der Waals surface area contributed by atoms with Crippen molar-refractivity contribution in [3.05, 3.63) is 59.3 Å². The van der Waals surface area contributed by atoms with Gasteiger partial charge < -0.3 is 19.7 Å². The number of carbonyl (C=O) groups excluding carboxylic acids is 2. The first-order valence-electron chi connectivity index (χ1n) is 11.2. The van der Waals surface area contributed by atoms with Crippen LogP contribution in [0.1, 0.15) is 38.2 Å². The molecule has 172 valence electrons. The van der Waals surface area contributed by atoms with E-state index in [4.69, 9.17) is 14.9 Å². The van der Waals surface area contributed by atoms with E-state index in [2.05, 4.69) is 5.32 Å². The Labute approximate surface area is 193 Å². The van der Waals surface area contributed by atoms with Gasteiger partial charge in [0.25, 0.3) is 0 Å². The fourth-order valence-corrected chi connectivity index (χ4v) is 4.48. The maximum atomic E-state index is 13.7. The summed E-state index contributed by atoms with van der Waals surface area (Å²) in [7, 11) is 3.14.